The highest BCUT2D eigenvalue weighted by Gasteiger charge is 2.10. The second kappa shape index (κ2) is 7.33. The van der Waals surface area contributed by atoms with Gasteiger partial charge in [-0.25, -0.2) is 4.39 Å². The lowest BCUT2D eigenvalue weighted by Gasteiger charge is -2.13. The van der Waals surface area contributed by atoms with Crippen LogP contribution in [0.3, 0.4) is 0 Å². The molecule has 110 valence electrons. The molecule has 0 amide bonds. The molecule has 0 bridgehead atoms. The first kappa shape index (κ1) is 16.4. The SMILES string of the molecule is CCc1ccc(NC(=S)Nc2c(F)cc(Br)cc2Br)cc1. The van der Waals surface area contributed by atoms with Gasteiger partial charge in [0.05, 0.1) is 5.69 Å². The number of rotatable bonds is 3. The Morgan fingerprint density at radius 2 is 1.81 bits per heavy atom. The van der Waals surface area contributed by atoms with Crippen LogP contribution in [-0.4, -0.2) is 5.11 Å². The summed E-state index contributed by atoms with van der Waals surface area (Å²) in [5, 5.41) is 6.23. The third kappa shape index (κ3) is 4.49. The van der Waals surface area contributed by atoms with Crippen LogP contribution in [0.25, 0.3) is 0 Å². The first-order valence-electron chi connectivity index (χ1n) is 6.31. The van der Waals surface area contributed by atoms with Crippen molar-refractivity contribution < 1.29 is 4.39 Å². The minimum absolute atomic E-state index is 0.306. The molecular weight excluding hydrogens is 419 g/mol. The predicted octanol–water partition coefficient (Wildman–Crippen LogP) is 5.72. The fourth-order valence-corrected chi connectivity index (χ4v) is 3.25. The standard InChI is InChI=1S/C15H13Br2FN2S/c1-2-9-3-5-11(6-4-9)19-15(21)20-14-12(17)7-10(16)8-13(14)18/h3-8H,2H2,1H3,(H2,19,20,21). The Morgan fingerprint density at radius 3 is 2.38 bits per heavy atom. The maximum absolute atomic E-state index is 13.9. The number of anilines is 2. The number of nitrogens with one attached hydrogen (secondary N) is 2. The molecule has 0 heterocycles. The fourth-order valence-electron chi connectivity index (χ4n) is 1.76. The average Bonchev–Trinajstić information content (AvgIpc) is 2.43. The van der Waals surface area contributed by atoms with Gasteiger partial charge in [0.25, 0.3) is 0 Å². The molecule has 2 aromatic carbocycles. The topological polar surface area (TPSA) is 24.1 Å². The Balaban J connectivity index is 2.08. The van der Waals surface area contributed by atoms with Gasteiger partial charge in [-0.1, -0.05) is 35.0 Å². The van der Waals surface area contributed by atoms with E-state index in [9.17, 15) is 4.39 Å². The van der Waals surface area contributed by atoms with Gasteiger partial charge in [0.2, 0.25) is 0 Å². The molecule has 0 radical (unpaired) electrons. The molecule has 0 atom stereocenters. The number of benzene rings is 2. The fraction of sp³-hybridized carbons (Fsp3) is 0.133. The minimum atomic E-state index is -0.387. The van der Waals surface area contributed by atoms with Crippen LogP contribution in [0.15, 0.2) is 45.3 Å². The zero-order chi connectivity index (χ0) is 15.4. The van der Waals surface area contributed by atoms with E-state index < -0.39 is 0 Å². The Bertz CT molecular complexity index is 636. The zero-order valence-corrected chi connectivity index (χ0v) is 15.2. The van der Waals surface area contributed by atoms with Crippen LogP contribution in [0.1, 0.15) is 12.5 Å². The molecule has 0 aromatic heterocycles. The first-order chi connectivity index (χ1) is 9.99. The lowest BCUT2D eigenvalue weighted by atomic mass is 10.1. The van der Waals surface area contributed by atoms with Gasteiger partial charge in [-0.3, -0.25) is 0 Å². The quantitative estimate of drug-likeness (QED) is 0.607. The van der Waals surface area contributed by atoms with Crippen LogP contribution in [0.4, 0.5) is 15.8 Å². The summed E-state index contributed by atoms with van der Waals surface area (Å²) in [6.45, 7) is 2.10. The van der Waals surface area contributed by atoms with Gasteiger partial charge in [0.15, 0.2) is 5.11 Å². The monoisotopic (exact) mass is 430 g/mol. The second-order valence-corrected chi connectivity index (χ2v) is 6.55. The molecule has 2 aromatic rings. The Kier molecular flexibility index (Phi) is 5.72. The van der Waals surface area contributed by atoms with E-state index in [0.29, 0.717) is 19.7 Å². The van der Waals surface area contributed by atoms with Crippen molar-refractivity contribution in [1.82, 2.24) is 0 Å². The summed E-state index contributed by atoms with van der Waals surface area (Å²) in [6.07, 6.45) is 0.986. The van der Waals surface area contributed by atoms with Crippen molar-refractivity contribution in [3.63, 3.8) is 0 Å². The van der Waals surface area contributed by atoms with Gasteiger partial charge in [0.1, 0.15) is 5.82 Å². The van der Waals surface area contributed by atoms with Crippen LogP contribution in [0.5, 0.6) is 0 Å². The summed E-state index contributed by atoms with van der Waals surface area (Å²) in [6, 6.07) is 11.1. The molecule has 2 nitrogen and oxygen atoms in total. The van der Waals surface area contributed by atoms with Gasteiger partial charge >= 0.3 is 0 Å². The van der Waals surface area contributed by atoms with Gasteiger partial charge in [0, 0.05) is 14.6 Å². The Morgan fingerprint density at radius 1 is 1.14 bits per heavy atom. The first-order valence-corrected chi connectivity index (χ1v) is 8.30. The minimum Gasteiger partial charge on any atom is -0.332 e. The number of aryl methyl sites for hydroxylation is 1. The van der Waals surface area contributed by atoms with Crippen LogP contribution >= 0.6 is 44.1 Å². The van der Waals surface area contributed by atoms with Crippen molar-refractivity contribution in [2.45, 2.75) is 13.3 Å². The molecule has 0 spiro atoms. The van der Waals surface area contributed by atoms with E-state index in [4.69, 9.17) is 12.2 Å². The van der Waals surface area contributed by atoms with E-state index in [0.717, 1.165) is 12.1 Å². The van der Waals surface area contributed by atoms with Gasteiger partial charge < -0.3 is 10.6 Å². The molecule has 2 N–H and O–H groups in total. The van der Waals surface area contributed by atoms with E-state index in [1.54, 1.807) is 6.07 Å². The van der Waals surface area contributed by atoms with Crippen molar-refractivity contribution in [3.8, 4) is 0 Å². The smallest absolute Gasteiger partial charge is 0.175 e. The van der Waals surface area contributed by atoms with E-state index >= 15 is 0 Å². The molecule has 6 heteroatoms. The number of hydrogen-bond acceptors (Lipinski definition) is 1. The number of hydrogen-bond donors (Lipinski definition) is 2. The third-order valence-electron chi connectivity index (χ3n) is 2.87. The van der Waals surface area contributed by atoms with Crippen LogP contribution in [-0.2, 0) is 6.42 Å². The average molecular weight is 432 g/mol. The number of thiocarbonyl (C=S) groups is 1. The Hall–Kier alpha value is -0.980. The Labute approximate surface area is 145 Å². The van der Waals surface area contributed by atoms with Crippen LogP contribution < -0.4 is 10.6 Å². The predicted molar refractivity (Wildman–Crippen MR) is 97.5 cm³/mol. The third-order valence-corrected chi connectivity index (χ3v) is 4.15. The van der Waals surface area contributed by atoms with Gasteiger partial charge in [-0.05, 0) is 64.4 Å². The summed E-state index contributed by atoms with van der Waals surface area (Å²) in [7, 11) is 0. The van der Waals surface area contributed by atoms with Crippen molar-refractivity contribution in [2.75, 3.05) is 10.6 Å². The van der Waals surface area contributed by atoms with Crippen molar-refractivity contribution >= 4 is 60.6 Å². The van der Waals surface area contributed by atoms with Crippen LogP contribution in [0.2, 0.25) is 0 Å². The highest BCUT2D eigenvalue weighted by molar-refractivity contribution is 9.11. The molecule has 0 fully saturated rings. The summed E-state index contributed by atoms with van der Waals surface area (Å²) in [5.74, 6) is -0.387. The lowest BCUT2D eigenvalue weighted by Crippen LogP contribution is -2.20. The molecule has 0 aliphatic carbocycles. The summed E-state index contributed by atoms with van der Waals surface area (Å²) in [4.78, 5) is 0. The van der Waals surface area contributed by atoms with E-state index in [2.05, 4.69) is 49.4 Å². The molecule has 0 aliphatic rings. The summed E-state index contributed by atoms with van der Waals surface area (Å²) < 4.78 is 15.2. The van der Waals surface area contributed by atoms with Crippen molar-refractivity contribution in [3.05, 3.63) is 56.7 Å². The van der Waals surface area contributed by atoms with Crippen LogP contribution in [0, 0.1) is 5.82 Å². The van der Waals surface area contributed by atoms with E-state index in [1.165, 1.54) is 11.6 Å². The molecule has 0 saturated carbocycles. The molecule has 2 rings (SSSR count). The number of halogens is 3. The molecule has 0 saturated heterocycles. The molecule has 21 heavy (non-hydrogen) atoms. The molecule has 0 unspecified atom stereocenters. The lowest BCUT2D eigenvalue weighted by molar-refractivity contribution is 0.630. The maximum atomic E-state index is 13.9. The van der Waals surface area contributed by atoms with E-state index in [1.807, 2.05) is 24.3 Å². The second-order valence-electron chi connectivity index (χ2n) is 4.37. The molecular formula is C15H13Br2FN2S. The maximum Gasteiger partial charge on any atom is 0.175 e. The summed E-state index contributed by atoms with van der Waals surface area (Å²) in [5.41, 5.74) is 2.42. The summed E-state index contributed by atoms with van der Waals surface area (Å²) >= 11 is 11.8. The zero-order valence-electron chi connectivity index (χ0n) is 11.2. The normalized spacial score (nSPS) is 10.3. The highest BCUT2D eigenvalue weighted by atomic mass is 79.9. The van der Waals surface area contributed by atoms with Gasteiger partial charge in [-0.2, -0.15) is 0 Å². The highest BCUT2D eigenvalue weighted by Crippen LogP contribution is 2.29. The van der Waals surface area contributed by atoms with Gasteiger partial charge in [-0.15, -0.1) is 0 Å². The van der Waals surface area contributed by atoms with Crippen molar-refractivity contribution in [1.29, 1.82) is 0 Å². The van der Waals surface area contributed by atoms with E-state index in [-0.39, 0.29) is 5.82 Å². The molecule has 0 aliphatic heterocycles. The largest absolute Gasteiger partial charge is 0.332 e. The van der Waals surface area contributed by atoms with Crippen molar-refractivity contribution in [2.24, 2.45) is 0 Å².